The monoisotopic (exact) mass is 624 g/mol. The number of carboxylic acid groups (broad SMARTS) is 1. The van der Waals surface area contributed by atoms with E-state index in [0.717, 1.165) is 0 Å². The zero-order valence-electron chi connectivity index (χ0n) is 18.0. The number of nitrogens with one attached hydrogen (secondary N) is 2. The van der Waals surface area contributed by atoms with Gasteiger partial charge in [0.15, 0.2) is 0 Å². The van der Waals surface area contributed by atoms with E-state index in [4.69, 9.17) is 69.6 Å². The van der Waals surface area contributed by atoms with E-state index in [1.165, 1.54) is 11.8 Å². The first-order valence-electron chi connectivity index (χ1n) is 9.84. The van der Waals surface area contributed by atoms with E-state index in [2.05, 4.69) is 10.6 Å². The van der Waals surface area contributed by atoms with Crippen LogP contribution in [0.2, 0.25) is 30.1 Å². The van der Waals surface area contributed by atoms with Crippen molar-refractivity contribution in [1.82, 2.24) is 0 Å². The fourth-order valence-electron chi connectivity index (χ4n) is 2.96. The number of carbonyl (C=O) groups excluding carboxylic acids is 2. The SMILES string of the molecule is CC(Sc1cccc(NC(=O)c2c(Cl)c(Cl)c(Cl)c(Cl)c2C(=O)O)c1)C(=O)Nc1ccc(Cl)c(Cl)c1. The molecule has 3 rings (SSSR count). The van der Waals surface area contributed by atoms with Crippen molar-refractivity contribution < 1.29 is 19.5 Å². The highest BCUT2D eigenvalue weighted by Gasteiger charge is 2.29. The van der Waals surface area contributed by atoms with Crippen molar-refractivity contribution in [2.45, 2.75) is 17.1 Å². The predicted molar refractivity (Wildman–Crippen MR) is 148 cm³/mol. The van der Waals surface area contributed by atoms with Gasteiger partial charge in [0.1, 0.15) is 0 Å². The number of benzene rings is 3. The number of hydrogen-bond acceptors (Lipinski definition) is 4. The molecule has 6 nitrogen and oxygen atoms in total. The van der Waals surface area contributed by atoms with E-state index < -0.39 is 33.3 Å². The molecule has 0 heterocycles. The number of thioether (sulfide) groups is 1. The van der Waals surface area contributed by atoms with E-state index in [0.29, 0.717) is 26.3 Å². The third-order valence-electron chi connectivity index (χ3n) is 4.67. The fourth-order valence-corrected chi connectivity index (χ4v) is 5.21. The molecule has 36 heavy (non-hydrogen) atoms. The summed E-state index contributed by atoms with van der Waals surface area (Å²) in [7, 11) is 0. The average Bonchev–Trinajstić information content (AvgIpc) is 2.82. The Kier molecular flexibility index (Phi) is 9.68. The summed E-state index contributed by atoms with van der Waals surface area (Å²) in [5.41, 5.74) is -0.200. The molecular formula is C23H14Cl6N2O4S. The number of amides is 2. The molecule has 3 N–H and O–H groups in total. The van der Waals surface area contributed by atoms with Crippen LogP contribution in [0.5, 0.6) is 0 Å². The lowest BCUT2D eigenvalue weighted by Crippen LogP contribution is -2.22. The molecule has 0 radical (unpaired) electrons. The number of carboxylic acids is 1. The Bertz CT molecular complexity index is 1390. The lowest BCUT2D eigenvalue weighted by atomic mass is 10.1. The first-order chi connectivity index (χ1) is 16.9. The van der Waals surface area contributed by atoms with Crippen LogP contribution in [0.4, 0.5) is 11.4 Å². The second-order valence-corrected chi connectivity index (χ2v) is 10.9. The molecule has 3 aromatic rings. The van der Waals surface area contributed by atoms with E-state index in [1.54, 1.807) is 49.4 Å². The quantitative estimate of drug-likeness (QED) is 0.139. The van der Waals surface area contributed by atoms with Gasteiger partial charge in [-0.3, -0.25) is 9.59 Å². The van der Waals surface area contributed by atoms with Crippen LogP contribution in [0.1, 0.15) is 27.6 Å². The topological polar surface area (TPSA) is 95.5 Å². The zero-order valence-corrected chi connectivity index (χ0v) is 23.3. The van der Waals surface area contributed by atoms with Gasteiger partial charge in [0.25, 0.3) is 5.91 Å². The lowest BCUT2D eigenvalue weighted by molar-refractivity contribution is -0.115. The predicted octanol–water partition coefficient (Wildman–Crippen LogP) is 8.68. The van der Waals surface area contributed by atoms with Crippen LogP contribution in [0, 0.1) is 0 Å². The Morgan fingerprint density at radius 3 is 2.00 bits per heavy atom. The molecule has 0 spiro atoms. The van der Waals surface area contributed by atoms with Gasteiger partial charge < -0.3 is 15.7 Å². The number of carbonyl (C=O) groups is 3. The molecule has 0 aliphatic rings. The van der Waals surface area contributed by atoms with E-state index in [1.807, 2.05) is 0 Å². The largest absolute Gasteiger partial charge is 0.478 e. The van der Waals surface area contributed by atoms with Crippen molar-refractivity contribution in [3.8, 4) is 0 Å². The van der Waals surface area contributed by atoms with Gasteiger partial charge in [-0.15, -0.1) is 11.8 Å². The van der Waals surface area contributed by atoms with Crippen molar-refractivity contribution in [1.29, 1.82) is 0 Å². The van der Waals surface area contributed by atoms with Gasteiger partial charge in [0, 0.05) is 16.3 Å². The van der Waals surface area contributed by atoms with Crippen LogP contribution in [-0.4, -0.2) is 28.1 Å². The van der Waals surface area contributed by atoms with Crippen LogP contribution in [0.3, 0.4) is 0 Å². The van der Waals surface area contributed by atoms with Crippen LogP contribution in [0.15, 0.2) is 47.4 Å². The fraction of sp³-hybridized carbons (Fsp3) is 0.0870. The van der Waals surface area contributed by atoms with E-state index in [-0.39, 0.29) is 21.0 Å². The Hall–Kier alpha value is -1.84. The number of aromatic carboxylic acids is 1. The first kappa shape index (κ1) is 28.7. The second-order valence-electron chi connectivity index (χ2n) is 7.17. The summed E-state index contributed by atoms with van der Waals surface area (Å²) in [4.78, 5) is 38.0. The Labute approximate surface area is 240 Å². The summed E-state index contributed by atoms with van der Waals surface area (Å²) in [6.07, 6.45) is 0. The second kappa shape index (κ2) is 12.1. The number of halogens is 6. The maximum atomic E-state index is 13.0. The van der Waals surface area contributed by atoms with Gasteiger partial charge in [0.2, 0.25) is 5.91 Å². The highest BCUT2D eigenvalue weighted by atomic mass is 35.5. The van der Waals surface area contributed by atoms with Gasteiger partial charge in [-0.25, -0.2) is 4.79 Å². The summed E-state index contributed by atoms with van der Waals surface area (Å²) in [5.74, 6) is -2.64. The smallest absolute Gasteiger partial charge is 0.338 e. The number of rotatable bonds is 7. The van der Waals surface area contributed by atoms with Crippen LogP contribution in [0.25, 0.3) is 0 Å². The summed E-state index contributed by atoms with van der Waals surface area (Å²) < 4.78 is 0. The molecule has 0 aliphatic carbocycles. The van der Waals surface area contributed by atoms with E-state index in [9.17, 15) is 19.5 Å². The van der Waals surface area contributed by atoms with Gasteiger partial charge >= 0.3 is 5.97 Å². The molecule has 1 unspecified atom stereocenters. The van der Waals surface area contributed by atoms with Crippen molar-refractivity contribution in [2.75, 3.05) is 10.6 Å². The van der Waals surface area contributed by atoms with Crippen molar-refractivity contribution in [3.63, 3.8) is 0 Å². The Morgan fingerprint density at radius 1 is 0.778 bits per heavy atom. The van der Waals surface area contributed by atoms with Crippen LogP contribution < -0.4 is 10.6 Å². The van der Waals surface area contributed by atoms with Gasteiger partial charge in [-0.05, 0) is 43.3 Å². The standard InChI is InChI=1S/C23H14Cl6N2O4S/c1-9(21(32)30-11-5-6-13(24)14(25)8-11)36-12-4-2-3-10(7-12)31-22(33)15-16(23(34)35)18(27)20(29)19(28)17(15)26/h2-9H,1H3,(H,30,32)(H,31,33)(H,34,35). The molecule has 2 amide bonds. The minimum Gasteiger partial charge on any atom is -0.478 e. The molecule has 1 atom stereocenters. The summed E-state index contributed by atoms with van der Waals surface area (Å²) in [6.45, 7) is 1.71. The Morgan fingerprint density at radius 2 is 1.39 bits per heavy atom. The highest BCUT2D eigenvalue weighted by molar-refractivity contribution is 8.00. The molecule has 13 heteroatoms. The van der Waals surface area contributed by atoms with E-state index >= 15 is 0 Å². The maximum Gasteiger partial charge on any atom is 0.338 e. The third kappa shape index (κ3) is 6.53. The molecule has 0 bridgehead atoms. The normalized spacial score (nSPS) is 11.6. The first-order valence-corrected chi connectivity index (χ1v) is 13.0. The molecule has 0 aliphatic heterocycles. The molecule has 3 aromatic carbocycles. The summed E-state index contributed by atoms with van der Waals surface area (Å²) in [5, 5.41) is 13.8. The molecule has 0 saturated carbocycles. The Balaban J connectivity index is 1.78. The highest BCUT2D eigenvalue weighted by Crippen LogP contribution is 2.42. The number of anilines is 2. The zero-order chi connectivity index (χ0) is 26.7. The van der Waals surface area contributed by atoms with Gasteiger partial charge in [-0.2, -0.15) is 0 Å². The van der Waals surface area contributed by atoms with Gasteiger partial charge in [-0.1, -0.05) is 75.7 Å². The minimum absolute atomic E-state index is 0.246. The third-order valence-corrected chi connectivity index (χ3v) is 8.30. The van der Waals surface area contributed by atoms with Crippen molar-refractivity contribution in [2.24, 2.45) is 0 Å². The van der Waals surface area contributed by atoms with Crippen molar-refractivity contribution in [3.05, 3.63) is 83.7 Å². The number of hydrogen-bond donors (Lipinski definition) is 3. The molecule has 0 saturated heterocycles. The summed E-state index contributed by atoms with van der Waals surface area (Å²) in [6, 6.07) is 11.3. The molecule has 188 valence electrons. The summed E-state index contributed by atoms with van der Waals surface area (Å²) >= 11 is 37.2. The van der Waals surface area contributed by atoms with Crippen molar-refractivity contribution >= 4 is 111 Å². The molecule has 0 aromatic heterocycles. The van der Waals surface area contributed by atoms with Crippen LogP contribution in [-0.2, 0) is 4.79 Å². The minimum atomic E-state index is -1.50. The molecule has 0 fully saturated rings. The molecular weight excluding hydrogens is 613 g/mol. The van der Waals surface area contributed by atoms with Gasteiger partial charge in [0.05, 0.1) is 46.5 Å². The lowest BCUT2D eigenvalue weighted by Gasteiger charge is -2.15. The maximum absolute atomic E-state index is 13.0. The van der Waals surface area contributed by atoms with Crippen LogP contribution >= 0.6 is 81.4 Å². The average molecular weight is 627 g/mol.